The van der Waals surface area contributed by atoms with E-state index in [1.165, 1.54) is 26.0 Å². The Labute approximate surface area is 208 Å². The molecule has 2 heterocycles. The maximum atomic E-state index is 14.1. The number of esters is 1. The number of carbonyl (C=O) groups excluding carboxylic acids is 3. The topological polar surface area (TPSA) is 77.8 Å². The third-order valence-electron chi connectivity index (χ3n) is 7.68. The molecule has 1 saturated heterocycles. The molecule has 182 valence electrons. The molecule has 1 aromatic heterocycles. The number of hydrogen-bond acceptors (Lipinski definition) is 6. The average molecular weight is 493 g/mol. The van der Waals surface area contributed by atoms with Crippen LogP contribution in [0.4, 0.5) is 4.79 Å². The zero-order valence-corrected chi connectivity index (χ0v) is 21.1. The van der Waals surface area contributed by atoms with Crippen LogP contribution < -0.4 is 0 Å². The molecular formula is C27H28N2O5S. The molecule has 3 aromatic rings. The molecule has 2 aromatic carbocycles. The number of likely N-dealkylation sites (tertiary alicyclic amines) is 1. The molecule has 1 amide bonds. The second-order valence-electron chi connectivity index (χ2n) is 9.10. The SMILES string of the molecule is CCS[C@@H]1C(=O)N(Cc2ccccc2)[C@@]2(C)c3c(n(C(=O)OC)c4ccccc34)C[C@@]12C(=O)OC. The van der Waals surface area contributed by atoms with E-state index in [1.807, 2.05) is 73.3 Å². The van der Waals surface area contributed by atoms with Gasteiger partial charge in [-0.3, -0.25) is 9.59 Å². The molecule has 0 bridgehead atoms. The zero-order chi connectivity index (χ0) is 25.0. The van der Waals surface area contributed by atoms with Gasteiger partial charge < -0.3 is 14.4 Å². The van der Waals surface area contributed by atoms with E-state index in [0.717, 1.165) is 16.5 Å². The van der Waals surface area contributed by atoms with Gasteiger partial charge in [0.2, 0.25) is 5.91 Å². The molecule has 8 heteroatoms. The fraction of sp³-hybridized carbons (Fsp3) is 0.370. The van der Waals surface area contributed by atoms with Gasteiger partial charge in [-0.1, -0.05) is 55.5 Å². The van der Waals surface area contributed by atoms with Crippen LogP contribution >= 0.6 is 11.8 Å². The summed E-state index contributed by atoms with van der Waals surface area (Å²) in [5.74, 6) is 0.132. The summed E-state index contributed by atoms with van der Waals surface area (Å²) in [6, 6.07) is 17.3. The standard InChI is InChI=1S/C27H28N2O5S/c1-5-35-22-23(30)28(16-17-11-7-6-8-12-17)26(2)21-18-13-9-10-14-19(18)29(25(32)34-4)20(21)15-27(22,26)24(31)33-3/h6-14,22H,5,15-16H2,1-4H3/t22-,26+,27+/m1/s1. The van der Waals surface area contributed by atoms with Crippen LogP contribution in [0.3, 0.4) is 0 Å². The third-order valence-corrected chi connectivity index (χ3v) is 8.95. The van der Waals surface area contributed by atoms with Gasteiger partial charge in [-0.15, -0.1) is 11.8 Å². The predicted molar refractivity (Wildman–Crippen MR) is 134 cm³/mol. The number of thioether (sulfide) groups is 1. The molecule has 2 aliphatic rings. The lowest BCUT2D eigenvalue weighted by atomic mass is 9.70. The Morgan fingerprint density at radius 3 is 2.40 bits per heavy atom. The van der Waals surface area contributed by atoms with E-state index in [9.17, 15) is 14.4 Å². The number of fused-ring (bicyclic) bond motifs is 5. The van der Waals surface area contributed by atoms with E-state index in [2.05, 4.69) is 0 Å². The number of para-hydroxylation sites is 1. The van der Waals surface area contributed by atoms with E-state index in [-0.39, 0.29) is 12.3 Å². The lowest BCUT2D eigenvalue weighted by Gasteiger charge is -2.42. The van der Waals surface area contributed by atoms with Crippen LogP contribution in [0.2, 0.25) is 0 Å². The number of nitrogens with zero attached hydrogens (tertiary/aromatic N) is 2. The van der Waals surface area contributed by atoms with Crippen LogP contribution in [0.15, 0.2) is 54.6 Å². The van der Waals surface area contributed by atoms with E-state index in [1.54, 1.807) is 4.57 Å². The van der Waals surface area contributed by atoms with Gasteiger partial charge in [-0.05, 0) is 24.3 Å². The molecule has 0 radical (unpaired) electrons. The van der Waals surface area contributed by atoms with E-state index < -0.39 is 28.3 Å². The largest absolute Gasteiger partial charge is 0.468 e. The highest BCUT2D eigenvalue weighted by Crippen LogP contribution is 2.65. The van der Waals surface area contributed by atoms with Gasteiger partial charge in [0.05, 0.1) is 25.3 Å². The highest BCUT2D eigenvalue weighted by molar-refractivity contribution is 8.00. The molecular weight excluding hydrogens is 464 g/mol. The third kappa shape index (κ3) is 2.95. The molecule has 1 fully saturated rings. The monoisotopic (exact) mass is 492 g/mol. The normalized spacial score (nSPS) is 25.0. The smallest absolute Gasteiger partial charge is 0.418 e. The predicted octanol–water partition coefficient (Wildman–Crippen LogP) is 4.35. The van der Waals surface area contributed by atoms with Crippen molar-refractivity contribution in [2.45, 2.75) is 37.6 Å². The van der Waals surface area contributed by atoms with Crippen LogP contribution in [0.1, 0.15) is 30.7 Å². The lowest BCUT2D eigenvalue weighted by molar-refractivity contribution is -0.157. The van der Waals surface area contributed by atoms with Crippen molar-refractivity contribution in [1.82, 2.24) is 9.47 Å². The molecule has 7 nitrogen and oxygen atoms in total. The molecule has 0 saturated carbocycles. The van der Waals surface area contributed by atoms with E-state index in [4.69, 9.17) is 9.47 Å². The van der Waals surface area contributed by atoms with Crippen molar-refractivity contribution < 1.29 is 23.9 Å². The van der Waals surface area contributed by atoms with Crippen LogP contribution in [0.25, 0.3) is 10.9 Å². The number of hydrogen-bond donors (Lipinski definition) is 0. The van der Waals surface area contributed by atoms with Crippen LogP contribution in [0, 0.1) is 5.41 Å². The first-order valence-electron chi connectivity index (χ1n) is 11.6. The Balaban J connectivity index is 1.85. The fourth-order valence-electron chi connectivity index (χ4n) is 6.20. The second-order valence-corrected chi connectivity index (χ2v) is 10.5. The quantitative estimate of drug-likeness (QED) is 0.493. The molecule has 1 aliphatic carbocycles. The van der Waals surface area contributed by atoms with Crippen molar-refractivity contribution in [3.05, 3.63) is 71.4 Å². The number of rotatable bonds is 5. The van der Waals surface area contributed by atoms with Crippen LogP contribution in [-0.2, 0) is 37.6 Å². The lowest BCUT2D eigenvalue weighted by Crippen LogP contribution is -2.53. The Kier molecular flexibility index (Phi) is 5.67. The summed E-state index contributed by atoms with van der Waals surface area (Å²) >= 11 is 1.46. The van der Waals surface area contributed by atoms with Gasteiger partial charge in [-0.25, -0.2) is 9.36 Å². The molecule has 0 unspecified atom stereocenters. The van der Waals surface area contributed by atoms with Crippen molar-refractivity contribution in [1.29, 1.82) is 0 Å². The minimum atomic E-state index is -1.20. The summed E-state index contributed by atoms with van der Waals surface area (Å²) in [6.45, 7) is 4.28. The molecule has 5 rings (SSSR count). The summed E-state index contributed by atoms with van der Waals surface area (Å²) in [5.41, 5.74) is 0.939. The van der Waals surface area contributed by atoms with E-state index >= 15 is 0 Å². The van der Waals surface area contributed by atoms with Crippen molar-refractivity contribution >= 4 is 40.6 Å². The summed E-state index contributed by atoms with van der Waals surface area (Å²) in [4.78, 5) is 42.7. The Bertz CT molecular complexity index is 1340. The van der Waals surface area contributed by atoms with Gasteiger partial charge >= 0.3 is 12.1 Å². The summed E-state index contributed by atoms with van der Waals surface area (Å²) in [6.07, 6.45) is -0.323. The molecule has 0 N–H and O–H groups in total. The van der Waals surface area contributed by atoms with Gasteiger partial charge in [-0.2, -0.15) is 0 Å². The highest BCUT2D eigenvalue weighted by atomic mass is 32.2. The van der Waals surface area contributed by atoms with Crippen LogP contribution in [-0.4, -0.2) is 52.7 Å². The minimum absolute atomic E-state index is 0.0887. The van der Waals surface area contributed by atoms with Crippen molar-refractivity contribution in [2.24, 2.45) is 5.41 Å². The Hall–Kier alpha value is -3.26. The number of benzene rings is 2. The first kappa shape index (κ1) is 23.5. The maximum absolute atomic E-state index is 14.1. The number of ether oxygens (including phenoxy) is 2. The number of carbonyl (C=O) groups is 3. The highest BCUT2D eigenvalue weighted by Gasteiger charge is 2.75. The zero-order valence-electron chi connectivity index (χ0n) is 20.2. The second kappa shape index (κ2) is 8.45. The summed E-state index contributed by atoms with van der Waals surface area (Å²) < 4.78 is 12.1. The number of amides is 1. The maximum Gasteiger partial charge on any atom is 0.418 e. The Morgan fingerprint density at radius 1 is 1.06 bits per heavy atom. The van der Waals surface area contributed by atoms with Gasteiger partial charge in [0.25, 0.3) is 0 Å². The van der Waals surface area contributed by atoms with Gasteiger partial charge in [0, 0.05) is 29.6 Å². The Morgan fingerprint density at radius 2 is 1.74 bits per heavy atom. The average Bonchev–Trinajstić information content (AvgIpc) is 3.40. The number of aromatic nitrogens is 1. The molecule has 1 aliphatic heterocycles. The van der Waals surface area contributed by atoms with Gasteiger partial charge in [0.15, 0.2) is 0 Å². The molecule has 3 atom stereocenters. The van der Waals surface area contributed by atoms with Crippen molar-refractivity contribution in [2.75, 3.05) is 20.0 Å². The molecule has 0 spiro atoms. The van der Waals surface area contributed by atoms with Crippen LogP contribution in [0.5, 0.6) is 0 Å². The number of methoxy groups -OCH3 is 2. The van der Waals surface area contributed by atoms with Crippen molar-refractivity contribution in [3.8, 4) is 0 Å². The summed E-state index contributed by atoms with van der Waals surface area (Å²) in [7, 11) is 2.71. The first-order valence-corrected chi connectivity index (χ1v) is 12.7. The molecule has 35 heavy (non-hydrogen) atoms. The van der Waals surface area contributed by atoms with E-state index in [0.29, 0.717) is 23.5 Å². The minimum Gasteiger partial charge on any atom is -0.468 e. The van der Waals surface area contributed by atoms with Crippen molar-refractivity contribution in [3.63, 3.8) is 0 Å². The first-order chi connectivity index (χ1) is 16.9. The van der Waals surface area contributed by atoms with Gasteiger partial charge in [0.1, 0.15) is 10.7 Å². The summed E-state index contributed by atoms with van der Waals surface area (Å²) in [5, 5.41) is 0.181. The fourth-order valence-corrected chi connectivity index (χ4v) is 7.50.